The molecule has 2 fully saturated rings. The molecular weight excluding hydrogens is 522 g/mol. The standard InChI is InChI=1S/C32H43N3O4S/c1-4-13-23(2)34-20-12-17-32-26(29(38)35(27(32)30(34)39)19-9-6-10-21-36)25-28(37)33(18-11-16-31(25,3)40-32)22-24-14-7-5-8-15-24/h5,7-8,11-12,14-17,23,25-27,36H,4,6,9-10,13,18-22H2,1-3H3/t23?,25-,26-,27?,31+,32-/m0/s1. The van der Waals surface area contributed by atoms with Gasteiger partial charge in [0, 0.05) is 43.6 Å². The number of benzene rings is 1. The largest absolute Gasteiger partial charge is 0.396 e. The number of rotatable bonds is 10. The van der Waals surface area contributed by atoms with Crippen LogP contribution < -0.4 is 0 Å². The van der Waals surface area contributed by atoms with Gasteiger partial charge in [-0.3, -0.25) is 14.4 Å². The van der Waals surface area contributed by atoms with E-state index in [-0.39, 0.29) is 30.4 Å². The van der Waals surface area contributed by atoms with Crippen LogP contribution in [0.2, 0.25) is 0 Å². The number of unbranched alkanes of at least 4 members (excludes halogenated alkanes) is 2. The van der Waals surface area contributed by atoms with Gasteiger partial charge >= 0.3 is 0 Å². The van der Waals surface area contributed by atoms with Crippen molar-refractivity contribution in [3.05, 3.63) is 60.2 Å². The molecule has 0 radical (unpaired) electrons. The van der Waals surface area contributed by atoms with Crippen molar-refractivity contribution in [2.24, 2.45) is 11.8 Å². The fraction of sp³-hybridized carbons (Fsp3) is 0.594. The summed E-state index contributed by atoms with van der Waals surface area (Å²) in [6.07, 6.45) is 12.4. The minimum absolute atomic E-state index is 0.00547. The average Bonchev–Trinajstić information content (AvgIpc) is 3.20. The Morgan fingerprint density at radius 3 is 2.45 bits per heavy atom. The summed E-state index contributed by atoms with van der Waals surface area (Å²) in [5, 5.41) is 9.30. The SMILES string of the molecule is CCCC(C)N1CC=C[C@]23S[C@]4(C)C=CCN(Cc5ccccc5)C(=O)[C@@H]4[C@H]2C(=O)N(CCCCCO)C3C1=O. The summed E-state index contributed by atoms with van der Waals surface area (Å²) in [5.41, 5.74) is 1.06. The van der Waals surface area contributed by atoms with Gasteiger partial charge in [0.05, 0.1) is 16.6 Å². The van der Waals surface area contributed by atoms with Gasteiger partial charge in [0.15, 0.2) is 0 Å². The third-order valence-electron chi connectivity index (χ3n) is 9.18. The molecular formula is C32H43N3O4S. The highest BCUT2D eigenvalue weighted by atomic mass is 32.2. The van der Waals surface area contributed by atoms with E-state index < -0.39 is 27.4 Å². The van der Waals surface area contributed by atoms with E-state index in [1.807, 2.05) is 40.1 Å². The summed E-state index contributed by atoms with van der Waals surface area (Å²) in [7, 11) is 0. The molecule has 1 aromatic carbocycles. The molecule has 0 aliphatic carbocycles. The lowest BCUT2D eigenvalue weighted by molar-refractivity contribution is -0.145. The first-order valence-electron chi connectivity index (χ1n) is 14.9. The molecule has 40 heavy (non-hydrogen) atoms. The van der Waals surface area contributed by atoms with Crippen molar-refractivity contribution in [3.63, 3.8) is 0 Å². The van der Waals surface area contributed by atoms with E-state index in [0.717, 1.165) is 24.8 Å². The lowest BCUT2D eigenvalue weighted by Gasteiger charge is -2.38. The number of amides is 3. The Hall–Kier alpha value is -2.58. The van der Waals surface area contributed by atoms with E-state index in [9.17, 15) is 19.5 Å². The molecule has 3 amide bonds. The van der Waals surface area contributed by atoms with Crippen molar-refractivity contribution in [1.82, 2.24) is 14.7 Å². The molecule has 216 valence electrons. The second kappa shape index (κ2) is 11.7. The number of carbonyl (C=O) groups excluding carboxylic acids is 3. The average molecular weight is 566 g/mol. The maximum atomic E-state index is 14.5. The van der Waals surface area contributed by atoms with Crippen molar-refractivity contribution in [2.75, 3.05) is 26.2 Å². The van der Waals surface area contributed by atoms with Crippen LogP contribution in [-0.2, 0) is 20.9 Å². The van der Waals surface area contributed by atoms with E-state index in [2.05, 4.69) is 45.1 Å². The number of nitrogens with zero attached hydrogens (tertiary/aromatic N) is 3. The summed E-state index contributed by atoms with van der Waals surface area (Å²) >= 11 is 1.65. The number of fused-ring (bicyclic) bond motifs is 2. The predicted molar refractivity (Wildman–Crippen MR) is 158 cm³/mol. The van der Waals surface area contributed by atoms with E-state index in [1.54, 1.807) is 16.7 Å². The van der Waals surface area contributed by atoms with Crippen LogP contribution in [0.25, 0.3) is 0 Å². The van der Waals surface area contributed by atoms with E-state index in [4.69, 9.17) is 0 Å². The third-order valence-corrected chi connectivity index (χ3v) is 11.0. The minimum Gasteiger partial charge on any atom is -0.396 e. The number of carbonyl (C=O) groups is 3. The molecule has 0 saturated carbocycles. The smallest absolute Gasteiger partial charge is 0.247 e. The Morgan fingerprint density at radius 2 is 1.73 bits per heavy atom. The Labute approximate surface area is 242 Å². The summed E-state index contributed by atoms with van der Waals surface area (Å²) in [6.45, 7) is 8.37. The predicted octanol–water partition coefficient (Wildman–Crippen LogP) is 4.02. The normalized spacial score (nSPS) is 32.1. The van der Waals surface area contributed by atoms with Crippen molar-refractivity contribution >= 4 is 29.5 Å². The molecule has 4 heterocycles. The van der Waals surface area contributed by atoms with Crippen LogP contribution in [0.15, 0.2) is 54.6 Å². The first-order chi connectivity index (χ1) is 19.3. The summed E-state index contributed by atoms with van der Waals surface area (Å²) < 4.78 is -1.40. The zero-order chi connectivity index (χ0) is 28.5. The van der Waals surface area contributed by atoms with Crippen LogP contribution in [0.1, 0.15) is 58.4 Å². The van der Waals surface area contributed by atoms with Crippen molar-refractivity contribution in [2.45, 2.75) is 81.0 Å². The molecule has 0 bridgehead atoms. The molecule has 4 aliphatic rings. The molecule has 7 nitrogen and oxygen atoms in total. The molecule has 2 saturated heterocycles. The number of hydrogen-bond acceptors (Lipinski definition) is 5. The van der Waals surface area contributed by atoms with Crippen molar-refractivity contribution < 1.29 is 19.5 Å². The topological polar surface area (TPSA) is 81.2 Å². The van der Waals surface area contributed by atoms with Crippen LogP contribution in [0.3, 0.4) is 0 Å². The van der Waals surface area contributed by atoms with Crippen LogP contribution in [0, 0.1) is 11.8 Å². The maximum Gasteiger partial charge on any atom is 0.247 e. The first-order valence-corrected chi connectivity index (χ1v) is 15.7. The number of aliphatic hydroxyl groups excluding tert-OH is 1. The summed E-state index contributed by atoms with van der Waals surface area (Å²) in [4.78, 5) is 48.8. The number of thioether (sulfide) groups is 1. The van der Waals surface area contributed by atoms with Gasteiger partial charge in [-0.25, -0.2) is 0 Å². The van der Waals surface area contributed by atoms with Crippen LogP contribution >= 0.6 is 11.8 Å². The quantitative estimate of drug-likeness (QED) is 0.342. The van der Waals surface area contributed by atoms with Crippen LogP contribution in [0.5, 0.6) is 0 Å². The van der Waals surface area contributed by atoms with Crippen molar-refractivity contribution in [1.29, 1.82) is 0 Å². The molecule has 0 aromatic heterocycles. The minimum atomic E-state index is -0.805. The molecule has 2 unspecified atom stereocenters. The fourth-order valence-corrected chi connectivity index (χ4v) is 9.47. The van der Waals surface area contributed by atoms with Crippen LogP contribution in [0.4, 0.5) is 0 Å². The van der Waals surface area contributed by atoms with E-state index in [1.165, 1.54) is 0 Å². The molecule has 4 aliphatic heterocycles. The highest BCUT2D eigenvalue weighted by Gasteiger charge is 2.73. The second-order valence-electron chi connectivity index (χ2n) is 12.0. The van der Waals surface area contributed by atoms with Gasteiger partial charge in [0.2, 0.25) is 17.7 Å². The zero-order valence-corrected chi connectivity index (χ0v) is 24.8. The number of hydrogen-bond donors (Lipinski definition) is 1. The van der Waals surface area contributed by atoms with Gasteiger partial charge < -0.3 is 19.8 Å². The molecule has 1 spiro atoms. The van der Waals surface area contributed by atoms with Gasteiger partial charge in [-0.2, -0.15) is 0 Å². The van der Waals surface area contributed by atoms with Gasteiger partial charge in [-0.05, 0) is 45.1 Å². The lowest BCUT2D eigenvalue weighted by Crippen LogP contribution is -2.55. The number of likely N-dealkylation sites (tertiary alicyclic amines) is 1. The number of aliphatic hydroxyl groups is 1. The molecule has 1 N–H and O–H groups in total. The second-order valence-corrected chi connectivity index (χ2v) is 13.7. The molecule has 6 atom stereocenters. The Kier molecular flexibility index (Phi) is 8.48. The lowest BCUT2D eigenvalue weighted by atomic mass is 9.74. The van der Waals surface area contributed by atoms with E-state index in [0.29, 0.717) is 39.0 Å². The highest BCUT2D eigenvalue weighted by Crippen LogP contribution is 2.65. The summed E-state index contributed by atoms with van der Waals surface area (Å²) in [6, 6.07) is 9.39. The summed E-state index contributed by atoms with van der Waals surface area (Å²) in [5.74, 6) is -1.27. The Morgan fingerprint density at radius 1 is 0.975 bits per heavy atom. The van der Waals surface area contributed by atoms with Crippen LogP contribution in [-0.4, -0.2) is 85.3 Å². The molecule has 8 heteroatoms. The monoisotopic (exact) mass is 565 g/mol. The third kappa shape index (κ3) is 4.91. The van der Waals surface area contributed by atoms with E-state index >= 15 is 0 Å². The van der Waals surface area contributed by atoms with Gasteiger partial charge in [0.25, 0.3) is 0 Å². The van der Waals surface area contributed by atoms with Gasteiger partial charge in [-0.1, -0.05) is 68.0 Å². The van der Waals surface area contributed by atoms with Gasteiger partial charge in [-0.15, -0.1) is 11.8 Å². The molecule has 1 aromatic rings. The Bertz CT molecular complexity index is 1170. The molecule has 5 rings (SSSR count). The zero-order valence-electron chi connectivity index (χ0n) is 24.0. The fourth-order valence-electron chi connectivity index (χ4n) is 7.32. The van der Waals surface area contributed by atoms with Gasteiger partial charge in [0.1, 0.15) is 6.04 Å². The maximum absolute atomic E-state index is 14.5. The highest BCUT2D eigenvalue weighted by molar-refractivity contribution is 8.02. The van der Waals surface area contributed by atoms with Crippen molar-refractivity contribution in [3.8, 4) is 0 Å². The Balaban J connectivity index is 1.54. The first kappa shape index (κ1) is 28.9.